The fourth-order valence-electron chi connectivity index (χ4n) is 1.41. The summed E-state index contributed by atoms with van der Waals surface area (Å²) < 4.78 is 5.49. The molecule has 106 valence electrons. The molecule has 1 atom stereocenters. The normalized spacial score (nSPS) is 12.2. The maximum atomic E-state index is 11.7. The van der Waals surface area contributed by atoms with E-state index >= 15 is 0 Å². The number of aromatic nitrogens is 1. The van der Waals surface area contributed by atoms with Crippen LogP contribution in [0.15, 0.2) is 27.8 Å². The van der Waals surface area contributed by atoms with Gasteiger partial charge in [-0.25, -0.2) is 9.78 Å². The molecule has 0 aliphatic rings. The molecule has 0 aliphatic carbocycles. The zero-order chi connectivity index (χ0) is 14.7. The van der Waals surface area contributed by atoms with Gasteiger partial charge < -0.3 is 9.73 Å². The summed E-state index contributed by atoms with van der Waals surface area (Å²) in [6, 6.07) is 4.54. The van der Waals surface area contributed by atoms with Crippen LogP contribution in [-0.4, -0.2) is 29.2 Å². The first-order valence-electron chi connectivity index (χ1n) is 5.75. The molecule has 0 saturated heterocycles. The van der Waals surface area contributed by atoms with Crippen molar-refractivity contribution in [3.63, 3.8) is 0 Å². The van der Waals surface area contributed by atoms with Gasteiger partial charge in [0.2, 0.25) is 5.91 Å². The van der Waals surface area contributed by atoms with Crippen LogP contribution in [-0.2, 0) is 4.79 Å². The highest BCUT2D eigenvalue weighted by atomic mass is 35.5. The molecule has 1 heterocycles. The number of nitrogens with zero attached hydrogens (tertiary/aromatic N) is 1. The van der Waals surface area contributed by atoms with Gasteiger partial charge in [-0.3, -0.25) is 10.1 Å². The van der Waals surface area contributed by atoms with Gasteiger partial charge in [0.05, 0.1) is 5.25 Å². The quantitative estimate of drug-likeness (QED) is 0.850. The summed E-state index contributed by atoms with van der Waals surface area (Å²) in [7, 11) is 1.44. The molecule has 0 bridgehead atoms. The van der Waals surface area contributed by atoms with Crippen molar-refractivity contribution in [3.8, 4) is 0 Å². The average molecular weight is 314 g/mol. The second-order valence-electron chi connectivity index (χ2n) is 3.92. The molecule has 0 fully saturated rings. The maximum Gasteiger partial charge on any atom is 0.321 e. The Bertz CT molecular complexity index is 658. The van der Waals surface area contributed by atoms with Crippen molar-refractivity contribution in [1.82, 2.24) is 15.6 Å². The lowest BCUT2D eigenvalue weighted by atomic mass is 10.3. The van der Waals surface area contributed by atoms with Gasteiger partial charge >= 0.3 is 6.03 Å². The van der Waals surface area contributed by atoms with Crippen molar-refractivity contribution < 1.29 is 14.0 Å². The number of imide groups is 1. The van der Waals surface area contributed by atoms with Gasteiger partial charge in [0, 0.05) is 12.1 Å². The van der Waals surface area contributed by atoms with Crippen LogP contribution in [0.2, 0.25) is 5.02 Å². The van der Waals surface area contributed by atoms with Crippen LogP contribution in [0, 0.1) is 0 Å². The molecule has 2 rings (SSSR count). The topological polar surface area (TPSA) is 84.2 Å². The summed E-state index contributed by atoms with van der Waals surface area (Å²) in [5, 5.41) is 4.89. The highest BCUT2D eigenvalue weighted by Crippen LogP contribution is 2.28. The maximum absolute atomic E-state index is 11.7. The molecule has 0 radical (unpaired) electrons. The molecule has 2 aromatic rings. The molecular formula is C12H12ClN3O3S. The van der Waals surface area contributed by atoms with Crippen molar-refractivity contribution in [3.05, 3.63) is 23.2 Å². The van der Waals surface area contributed by atoms with E-state index in [0.717, 1.165) is 11.8 Å². The molecule has 0 aliphatic heterocycles. The summed E-state index contributed by atoms with van der Waals surface area (Å²) in [5.41, 5.74) is 1.22. The first-order chi connectivity index (χ1) is 9.49. The molecule has 20 heavy (non-hydrogen) atoms. The summed E-state index contributed by atoms with van der Waals surface area (Å²) in [6.45, 7) is 1.66. The number of urea groups is 1. The van der Waals surface area contributed by atoms with E-state index in [2.05, 4.69) is 15.6 Å². The highest BCUT2D eigenvalue weighted by Gasteiger charge is 2.19. The number of nitrogens with one attached hydrogen (secondary N) is 2. The first kappa shape index (κ1) is 14.7. The Morgan fingerprint density at radius 2 is 2.20 bits per heavy atom. The number of rotatable bonds is 3. The largest absolute Gasteiger partial charge is 0.431 e. The SMILES string of the molecule is CNC(=O)NC(=O)C(C)Sc1nc2cc(Cl)ccc2o1. The van der Waals surface area contributed by atoms with E-state index < -0.39 is 17.2 Å². The summed E-state index contributed by atoms with van der Waals surface area (Å²) in [5.74, 6) is -0.422. The molecule has 6 nitrogen and oxygen atoms in total. The van der Waals surface area contributed by atoms with Crippen LogP contribution in [0.1, 0.15) is 6.92 Å². The summed E-state index contributed by atoms with van der Waals surface area (Å²) in [4.78, 5) is 27.0. The van der Waals surface area contributed by atoms with Gasteiger partial charge in [-0.2, -0.15) is 0 Å². The number of halogens is 1. The Hall–Kier alpha value is -1.73. The second kappa shape index (κ2) is 6.15. The Morgan fingerprint density at radius 1 is 1.45 bits per heavy atom. The summed E-state index contributed by atoms with van der Waals surface area (Å²) in [6.07, 6.45) is 0. The predicted molar refractivity (Wildman–Crippen MR) is 76.9 cm³/mol. The van der Waals surface area contributed by atoms with Gasteiger partial charge in [-0.15, -0.1) is 0 Å². The van der Waals surface area contributed by atoms with Crippen LogP contribution < -0.4 is 10.6 Å². The molecule has 8 heteroatoms. The van der Waals surface area contributed by atoms with Crippen molar-refractivity contribution in [2.75, 3.05) is 7.05 Å². The van der Waals surface area contributed by atoms with Crippen LogP contribution in [0.4, 0.5) is 4.79 Å². The molecule has 0 spiro atoms. The van der Waals surface area contributed by atoms with Crippen LogP contribution >= 0.6 is 23.4 Å². The highest BCUT2D eigenvalue weighted by molar-refractivity contribution is 8.00. The number of thioether (sulfide) groups is 1. The Kier molecular flexibility index (Phi) is 4.51. The van der Waals surface area contributed by atoms with Crippen molar-refractivity contribution in [1.29, 1.82) is 0 Å². The molecule has 1 aromatic heterocycles. The molecule has 1 aromatic carbocycles. The number of carbonyl (C=O) groups is 2. The van der Waals surface area contributed by atoms with Gasteiger partial charge in [0.1, 0.15) is 5.52 Å². The Morgan fingerprint density at radius 3 is 2.90 bits per heavy atom. The number of amides is 3. The fourth-order valence-corrected chi connectivity index (χ4v) is 2.33. The number of carbonyl (C=O) groups excluding carboxylic acids is 2. The smallest absolute Gasteiger partial charge is 0.321 e. The Balaban J connectivity index is 2.07. The van der Waals surface area contributed by atoms with E-state index in [4.69, 9.17) is 16.0 Å². The van der Waals surface area contributed by atoms with Crippen molar-refractivity contribution in [2.24, 2.45) is 0 Å². The zero-order valence-corrected chi connectivity index (χ0v) is 12.3. The van der Waals surface area contributed by atoms with E-state index in [9.17, 15) is 9.59 Å². The lowest BCUT2D eigenvalue weighted by Gasteiger charge is -2.08. The monoisotopic (exact) mass is 313 g/mol. The van der Waals surface area contributed by atoms with E-state index in [1.165, 1.54) is 7.05 Å². The minimum absolute atomic E-state index is 0.349. The van der Waals surface area contributed by atoms with Gasteiger partial charge in [0.25, 0.3) is 5.22 Å². The number of benzene rings is 1. The zero-order valence-electron chi connectivity index (χ0n) is 10.8. The minimum atomic E-state index is -0.549. The lowest BCUT2D eigenvalue weighted by Crippen LogP contribution is -2.41. The van der Waals surface area contributed by atoms with Gasteiger partial charge in [-0.1, -0.05) is 23.4 Å². The molecule has 1 unspecified atom stereocenters. The number of hydrogen-bond acceptors (Lipinski definition) is 5. The van der Waals surface area contributed by atoms with Gasteiger partial charge in [-0.05, 0) is 25.1 Å². The predicted octanol–water partition coefficient (Wildman–Crippen LogP) is 2.42. The Labute approximate surface area is 124 Å². The third-order valence-electron chi connectivity index (χ3n) is 2.44. The van der Waals surface area contributed by atoms with Crippen molar-refractivity contribution >= 4 is 46.4 Å². The number of oxazole rings is 1. The van der Waals surface area contributed by atoms with E-state index in [-0.39, 0.29) is 0 Å². The van der Waals surface area contributed by atoms with E-state index in [0.29, 0.717) is 21.3 Å². The van der Waals surface area contributed by atoms with E-state index in [1.54, 1.807) is 25.1 Å². The standard InChI is InChI=1S/C12H12ClN3O3S/c1-6(10(17)16-11(18)14-2)20-12-15-8-5-7(13)3-4-9(8)19-12/h3-6H,1-2H3,(H2,14,16,17,18). The molecular weight excluding hydrogens is 302 g/mol. The van der Waals surface area contributed by atoms with Crippen LogP contribution in [0.5, 0.6) is 0 Å². The fraction of sp³-hybridized carbons (Fsp3) is 0.250. The summed E-state index contributed by atoms with van der Waals surface area (Å²) >= 11 is 6.98. The third-order valence-corrected chi connectivity index (χ3v) is 3.62. The van der Waals surface area contributed by atoms with Crippen LogP contribution in [0.25, 0.3) is 11.1 Å². The number of fused-ring (bicyclic) bond motifs is 1. The van der Waals surface area contributed by atoms with Crippen molar-refractivity contribution in [2.45, 2.75) is 17.4 Å². The number of hydrogen-bond donors (Lipinski definition) is 2. The first-order valence-corrected chi connectivity index (χ1v) is 7.00. The third kappa shape index (κ3) is 3.43. The minimum Gasteiger partial charge on any atom is -0.431 e. The average Bonchev–Trinajstić information content (AvgIpc) is 2.79. The molecule has 3 amide bonds. The van der Waals surface area contributed by atoms with E-state index in [1.807, 2.05) is 0 Å². The van der Waals surface area contributed by atoms with Crippen LogP contribution in [0.3, 0.4) is 0 Å². The van der Waals surface area contributed by atoms with Gasteiger partial charge in [0.15, 0.2) is 5.58 Å². The lowest BCUT2D eigenvalue weighted by molar-refractivity contribution is -0.119. The second-order valence-corrected chi connectivity index (χ2v) is 5.65. The molecule has 0 saturated carbocycles. The molecule has 2 N–H and O–H groups in total.